The first-order valence-corrected chi connectivity index (χ1v) is 8.05. The quantitative estimate of drug-likeness (QED) is 0.224. The van der Waals surface area contributed by atoms with Crippen LogP contribution >= 0.6 is 0 Å². The maximum absolute atomic E-state index is 11.9. The third-order valence-corrected chi connectivity index (χ3v) is 3.85. The van der Waals surface area contributed by atoms with E-state index in [-0.39, 0.29) is 12.3 Å². The first-order chi connectivity index (χ1) is 12.9. The van der Waals surface area contributed by atoms with Gasteiger partial charge in [-0.1, -0.05) is 24.3 Å². The van der Waals surface area contributed by atoms with E-state index in [1.54, 1.807) is 18.2 Å². The average molecular weight is 365 g/mol. The summed E-state index contributed by atoms with van der Waals surface area (Å²) in [6, 6.07) is 12.6. The van der Waals surface area contributed by atoms with E-state index in [1.807, 2.05) is 13.0 Å². The van der Waals surface area contributed by atoms with Crippen molar-refractivity contribution in [2.75, 3.05) is 0 Å². The van der Waals surface area contributed by atoms with Gasteiger partial charge in [-0.2, -0.15) is 0 Å². The summed E-state index contributed by atoms with van der Waals surface area (Å²) in [5, 5.41) is 11.5. The Hall–Kier alpha value is -3.74. The Morgan fingerprint density at radius 1 is 1.22 bits per heavy atom. The molecule has 0 aliphatic rings. The number of ether oxygens (including phenoxy) is 1. The van der Waals surface area contributed by atoms with Gasteiger partial charge in [0.15, 0.2) is 0 Å². The maximum atomic E-state index is 11.9. The molecule has 1 aromatic heterocycles. The van der Waals surface area contributed by atoms with Gasteiger partial charge in [-0.15, -0.1) is 0 Å². The van der Waals surface area contributed by atoms with Crippen LogP contribution in [-0.2, 0) is 16.1 Å². The Morgan fingerprint density at radius 2 is 2.04 bits per heavy atom. The number of fused-ring (bicyclic) bond motifs is 1. The number of aryl methyl sites for hydroxylation is 1. The van der Waals surface area contributed by atoms with Crippen LogP contribution in [0.1, 0.15) is 16.7 Å². The molecule has 136 valence electrons. The number of carbonyl (C=O) groups excluding carboxylic acids is 1. The Kier molecular flexibility index (Phi) is 5.12. The van der Waals surface area contributed by atoms with E-state index in [4.69, 9.17) is 9.15 Å². The van der Waals surface area contributed by atoms with Crippen molar-refractivity contribution >= 4 is 28.7 Å². The molecule has 3 aromatic rings. The molecule has 0 bridgehead atoms. The highest BCUT2D eigenvalue weighted by Gasteiger charge is 2.08. The number of nitro groups is 1. The van der Waals surface area contributed by atoms with E-state index < -0.39 is 16.5 Å². The standard InChI is InChI=1S/C20H15NO6/c1-13-5-7-17-15(11-20(23)27-18(17)9-13)12-26-19(22)8-6-14-3-2-4-16(10-14)21(24)25/h2-11H,12H2,1H3/b8-6+. The molecule has 0 amide bonds. The molecule has 0 aliphatic heterocycles. The molecule has 0 unspecified atom stereocenters. The van der Waals surface area contributed by atoms with Gasteiger partial charge in [0.1, 0.15) is 12.2 Å². The number of rotatable bonds is 5. The highest BCUT2D eigenvalue weighted by atomic mass is 16.6. The van der Waals surface area contributed by atoms with Crippen molar-refractivity contribution in [2.24, 2.45) is 0 Å². The lowest BCUT2D eigenvalue weighted by atomic mass is 10.1. The van der Waals surface area contributed by atoms with Crippen LogP contribution < -0.4 is 5.63 Å². The maximum Gasteiger partial charge on any atom is 0.336 e. The van der Waals surface area contributed by atoms with E-state index >= 15 is 0 Å². The van der Waals surface area contributed by atoms with Crippen LogP contribution in [-0.4, -0.2) is 10.9 Å². The molecular formula is C20H15NO6. The molecule has 0 saturated heterocycles. The van der Waals surface area contributed by atoms with Crippen LogP contribution in [0.2, 0.25) is 0 Å². The summed E-state index contributed by atoms with van der Waals surface area (Å²) in [7, 11) is 0. The van der Waals surface area contributed by atoms with Gasteiger partial charge < -0.3 is 9.15 Å². The van der Waals surface area contributed by atoms with E-state index in [0.717, 1.165) is 5.56 Å². The summed E-state index contributed by atoms with van der Waals surface area (Å²) in [6.45, 7) is 1.79. The molecule has 1 heterocycles. The monoisotopic (exact) mass is 365 g/mol. The van der Waals surface area contributed by atoms with Crippen LogP contribution in [0, 0.1) is 17.0 Å². The van der Waals surface area contributed by atoms with E-state index in [1.165, 1.54) is 36.4 Å². The molecule has 0 atom stereocenters. The van der Waals surface area contributed by atoms with Crippen LogP contribution in [0.15, 0.2) is 63.8 Å². The van der Waals surface area contributed by atoms with Crippen molar-refractivity contribution in [2.45, 2.75) is 13.5 Å². The highest BCUT2D eigenvalue weighted by molar-refractivity contribution is 5.87. The summed E-state index contributed by atoms with van der Waals surface area (Å²) in [5.74, 6) is -0.630. The second-order valence-corrected chi connectivity index (χ2v) is 5.88. The molecule has 0 saturated carbocycles. The second kappa shape index (κ2) is 7.65. The Bertz CT molecular complexity index is 1110. The van der Waals surface area contributed by atoms with Crippen LogP contribution in [0.25, 0.3) is 17.0 Å². The Labute approximate surface area is 153 Å². The second-order valence-electron chi connectivity index (χ2n) is 5.88. The number of carbonyl (C=O) groups is 1. The summed E-state index contributed by atoms with van der Waals surface area (Å²) >= 11 is 0. The normalized spacial score (nSPS) is 11.0. The van der Waals surface area contributed by atoms with Gasteiger partial charge in [-0.05, 0) is 30.2 Å². The van der Waals surface area contributed by atoms with Crippen molar-refractivity contribution in [1.82, 2.24) is 0 Å². The molecule has 0 fully saturated rings. The molecule has 3 rings (SSSR count). The third-order valence-electron chi connectivity index (χ3n) is 3.85. The number of nitro benzene ring substituents is 1. The Morgan fingerprint density at radius 3 is 2.81 bits per heavy atom. The lowest BCUT2D eigenvalue weighted by Gasteiger charge is -2.06. The van der Waals surface area contributed by atoms with Crippen molar-refractivity contribution < 1.29 is 18.9 Å². The molecule has 2 aromatic carbocycles. The zero-order chi connectivity index (χ0) is 19.4. The van der Waals surface area contributed by atoms with Gasteiger partial charge in [0.25, 0.3) is 5.69 Å². The van der Waals surface area contributed by atoms with Crippen molar-refractivity contribution in [1.29, 1.82) is 0 Å². The summed E-state index contributed by atoms with van der Waals surface area (Å²) in [5.41, 5.74) is 1.83. The van der Waals surface area contributed by atoms with Gasteiger partial charge >= 0.3 is 11.6 Å². The van der Waals surface area contributed by atoms with Gasteiger partial charge in [0.2, 0.25) is 0 Å². The van der Waals surface area contributed by atoms with Crippen molar-refractivity contribution in [3.63, 3.8) is 0 Å². The van der Waals surface area contributed by atoms with E-state index in [2.05, 4.69) is 0 Å². The topological polar surface area (TPSA) is 99.6 Å². The number of hydrogen-bond acceptors (Lipinski definition) is 6. The zero-order valence-corrected chi connectivity index (χ0v) is 14.4. The molecule has 0 aliphatic carbocycles. The zero-order valence-electron chi connectivity index (χ0n) is 14.4. The molecule has 0 spiro atoms. The van der Waals surface area contributed by atoms with Gasteiger partial charge in [-0.25, -0.2) is 9.59 Å². The fourth-order valence-corrected chi connectivity index (χ4v) is 2.56. The lowest BCUT2D eigenvalue weighted by Crippen LogP contribution is -2.05. The fourth-order valence-electron chi connectivity index (χ4n) is 2.56. The van der Waals surface area contributed by atoms with Gasteiger partial charge in [0, 0.05) is 35.2 Å². The van der Waals surface area contributed by atoms with Crippen LogP contribution in [0.4, 0.5) is 5.69 Å². The van der Waals surface area contributed by atoms with Gasteiger partial charge in [0.05, 0.1) is 4.92 Å². The predicted molar refractivity (Wildman–Crippen MR) is 99.1 cm³/mol. The minimum absolute atomic E-state index is 0.0664. The van der Waals surface area contributed by atoms with Crippen molar-refractivity contribution in [3.05, 3.63) is 91.8 Å². The largest absolute Gasteiger partial charge is 0.458 e. The SMILES string of the molecule is Cc1ccc2c(COC(=O)/C=C/c3cccc([N+](=O)[O-])c3)cc(=O)oc2c1. The summed E-state index contributed by atoms with van der Waals surface area (Å²) < 4.78 is 10.3. The first kappa shape index (κ1) is 18.1. The Balaban J connectivity index is 1.73. The fraction of sp³-hybridized carbons (Fsp3) is 0.100. The average Bonchev–Trinajstić information content (AvgIpc) is 2.64. The molecule has 0 N–H and O–H groups in total. The van der Waals surface area contributed by atoms with Gasteiger partial charge in [-0.3, -0.25) is 10.1 Å². The molecule has 7 heteroatoms. The first-order valence-electron chi connectivity index (χ1n) is 8.05. The highest BCUT2D eigenvalue weighted by Crippen LogP contribution is 2.19. The lowest BCUT2D eigenvalue weighted by molar-refractivity contribution is -0.384. The number of nitrogens with zero attached hydrogens (tertiary/aromatic N) is 1. The third kappa shape index (κ3) is 4.46. The summed E-state index contributed by atoms with van der Waals surface area (Å²) in [4.78, 5) is 33.9. The van der Waals surface area contributed by atoms with E-state index in [0.29, 0.717) is 22.1 Å². The number of non-ortho nitro benzene ring substituents is 1. The van der Waals surface area contributed by atoms with Crippen LogP contribution in [0.5, 0.6) is 0 Å². The molecular weight excluding hydrogens is 350 g/mol. The minimum atomic E-state index is -0.630. The summed E-state index contributed by atoms with van der Waals surface area (Å²) in [6.07, 6.45) is 2.60. The molecule has 7 nitrogen and oxygen atoms in total. The number of esters is 1. The van der Waals surface area contributed by atoms with Crippen molar-refractivity contribution in [3.8, 4) is 0 Å². The predicted octanol–water partition coefficient (Wildman–Crippen LogP) is 3.77. The number of benzene rings is 2. The van der Waals surface area contributed by atoms with Crippen LogP contribution in [0.3, 0.4) is 0 Å². The minimum Gasteiger partial charge on any atom is -0.458 e. The van der Waals surface area contributed by atoms with E-state index in [9.17, 15) is 19.7 Å². The molecule has 0 radical (unpaired) electrons. The smallest absolute Gasteiger partial charge is 0.336 e. The number of hydrogen-bond donors (Lipinski definition) is 0. The molecule has 27 heavy (non-hydrogen) atoms.